The Balaban J connectivity index is 2.04. The van der Waals surface area contributed by atoms with Gasteiger partial charge in [0.05, 0.1) is 17.8 Å². The number of ether oxygens (including phenoxy) is 2. The number of H-pyrrole nitrogens is 1. The van der Waals surface area contributed by atoms with E-state index in [-0.39, 0.29) is 5.88 Å². The van der Waals surface area contributed by atoms with Gasteiger partial charge in [-0.3, -0.25) is 0 Å². The summed E-state index contributed by atoms with van der Waals surface area (Å²) in [6, 6.07) is 5.12. The first-order valence-electron chi connectivity index (χ1n) is 7.66. The predicted octanol–water partition coefficient (Wildman–Crippen LogP) is 4.72. The van der Waals surface area contributed by atoms with Gasteiger partial charge in [0.2, 0.25) is 5.88 Å². The Morgan fingerprint density at radius 1 is 1.35 bits per heavy atom. The van der Waals surface area contributed by atoms with Gasteiger partial charge in [-0.05, 0) is 31.5 Å². The fourth-order valence-corrected chi connectivity index (χ4v) is 2.81. The number of fused-ring (bicyclic) bond motifs is 3. The second kappa shape index (κ2) is 6.49. The number of rotatable bonds is 4. The monoisotopic (exact) mass is 368 g/mol. The molecule has 1 aromatic carbocycles. The summed E-state index contributed by atoms with van der Waals surface area (Å²) in [5.74, 6) is -0.0438. The van der Waals surface area contributed by atoms with Crippen molar-refractivity contribution >= 4 is 28.0 Å². The Morgan fingerprint density at radius 2 is 2.08 bits per heavy atom. The number of carboxylic acid groups (broad SMARTS) is 1. The number of aromatic nitrogens is 2. The Morgan fingerprint density at radius 3 is 2.73 bits per heavy atom. The van der Waals surface area contributed by atoms with Crippen LogP contribution in [0.3, 0.4) is 0 Å². The number of pyridine rings is 1. The molecule has 1 atom stereocenters. The molecule has 3 aromatic rings. The minimum absolute atomic E-state index is 0.0438. The van der Waals surface area contributed by atoms with Crippen LogP contribution in [0.25, 0.3) is 21.8 Å². The molecule has 0 radical (unpaired) electrons. The highest BCUT2D eigenvalue weighted by atomic mass is 19.4. The first kappa shape index (κ1) is 18.0. The zero-order valence-electron chi connectivity index (χ0n) is 13.8. The van der Waals surface area contributed by atoms with Crippen LogP contribution in [0.4, 0.5) is 18.0 Å². The van der Waals surface area contributed by atoms with E-state index in [0.29, 0.717) is 22.0 Å². The third-order valence-corrected chi connectivity index (χ3v) is 4.01. The van der Waals surface area contributed by atoms with E-state index in [0.717, 1.165) is 10.9 Å². The van der Waals surface area contributed by atoms with Gasteiger partial charge in [0.1, 0.15) is 6.61 Å². The first-order valence-corrected chi connectivity index (χ1v) is 7.66. The quantitative estimate of drug-likeness (QED) is 0.651. The molecule has 2 aromatic heterocycles. The van der Waals surface area contributed by atoms with Crippen LogP contribution in [0.15, 0.2) is 24.4 Å². The summed E-state index contributed by atoms with van der Waals surface area (Å²) < 4.78 is 46.6. The Bertz CT molecular complexity index is 981. The molecule has 3 rings (SSSR count). The maximum Gasteiger partial charge on any atom is 0.512 e. The fourth-order valence-electron chi connectivity index (χ4n) is 2.81. The Labute approximate surface area is 145 Å². The van der Waals surface area contributed by atoms with Crippen molar-refractivity contribution in [3.63, 3.8) is 0 Å². The number of carbonyl (C=O) groups is 1. The third-order valence-electron chi connectivity index (χ3n) is 4.01. The lowest BCUT2D eigenvalue weighted by Crippen LogP contribution is -2.18. The van der Waals surface area contributed by atoms with Crippen molar-refractivity contribution in [2.24, 2.45) is 0 Å². The van der Waals surface area contributed by atoms with Gasteiger partial charge < -0.3 is 19.6 Å². The average Bonchev–Trinajstić information content (AvgIpc) is 2.92. The summed E-state index contributed by atoms with van der Waals surface area (Å²) in [6.45, 7) is 1.87. The van der Waals surface area contributed by atoms with Gasteiger partial charge >= 0.3 is 12.3 Å². The molecule has 0 fully saturated rings. The molecule has 2 N–H and O–H groups in total. The van der Waals surface area contributed by atoms with Crippen molar-refractivity contribution in [1.82, 2.24) is 9.97 Å². The molecule has 0 bridgehead atoms. The molecule has 2 heterocycles. The van der Waals surface area contributed by atoms with Gasteiger partial charge in [0, 0.05) is 21.9 Å². The lowest BCUT2D eigenvalue weighted by atomic mass is 10.0. The highest BCUT2D eigenvalue weighted by molar-refractivity contribution is 6.09. The zero-order valence-corrected chi connectivity index (χ0v) is 13.8. The molecule has 0 saturated heterocycles. The number of alkyl halides is 3. The van der Waals surface area contributed by atoms with E-state index in [1.807, 2.05) is 0 Å². The van der Waals surface area contributed by atoms with E-state index in [2.05, 4.69) is 14.7 Å². The van der Waals surface area contributed by atoms with Crippen LogP contribution in [0.1, 0.15) is 24.2 Å². The van der Waals surface area contributed by atoms with Gasteiger partial charge in [-0.15, -0.1) is 0 Å². The van der Waals surface area contributed by atoms with Crippen LogP contribution in [-0.4, -0.2) is 34.0 Å². The Kier molecular flexibility index (Phi) is 4.49. The van der Waals surface area contributed by atoms with Crippen LogP contribution in [-0.2, 0) is 4.74 Å². The van der Waals surface area contributed by atoms with E-state index in [1.165, 1.54) is 13.1 Å². The van der Waals surface area contributed by atoms with Crippen LogP contribution < -0.4 is 4.74 Å². The topological polar surface area (TPSA) is 84.4 Å². The van der Waals surface area contributed by atoms with Crippen molar-refractivity contribution in [2.45, 2.75) is 26.1 Å². The zero-order chi connectivity index (χ0) is 19.1. The number of aryl methyl sites for hydroxylation is 1. The summed E-state index contributed by atoms with van der Waals surface area (Å²) in [5, 5.41) is 10.2. The minimum atomic E-state index is -4.40. The maximum atomic E-state index is 12.3. The molecule has 0 aliphatic heterocycles. The summed E-state index contributed by atoms with van der Waals surface area (Å²) >= 11 is 0. The highest BCUT2D eigenvalue weighted by Gasteiger charge is 2.28. The van der Waals surface area contributed by atoms with Crippen LogP contribution >= 0.6 is 0 Å². The number of benzene rings is 1. The van der Waals surface area contributed by atoms with Crippen LogP contribution in [0.5, 0.6) is 5.88 Å². The van der Waals surface area contributed by atoms with Gasteiger partial charge in [-0.25, -0.2) is 9.78 Å². The van der Waals surface area contributed by atoms with Crippen molar-refractivity contribution in [3.05, 3.63) is 35.5 Å². The van der Waals surface area contributed by atoms with Gasteiger partial charge in [0.15, 0.2) is 0 Å². The second-order valence-corrected chi connectivity index (χ2v) is 5.84. The molecular weight excluding hydrogens is 353 g/mol. The number of aromatic amines is 1. The summed E-state index contributed by atoms with van der Waals surface area (Å²) in [6.07, 6.45) is -5.19. The normalized spacial score (nSPS) is 13.3. The Hall–Kier alpha value is -2.81. The number of halogens is 3. The van der Waals surface area contributed by atoms with Crippen molar-refractivity contribution in [3.8, 4) is 5.88 Å². The number of hydrogen-bond acceptors (Lipinski definition) is 4. The lowest BCUT2D eigenvalue weighted by molar-refractivity contribution is -0.184. The van der Waals surface area contributed by atoms with Crippen LogP contribution in [0, 0.1) is 6.92 Å². The fraction of sp³-hybridized carbons (Fsp3) is 0.294. The summed E-state index contributed by atoms with van der Waals surface area (Å²) in [4.78, 5) is 17.9. The van der Waals surface area contributed by atoms with E-state index < -0.39 is 25.0 Å². The van der Waals surface area contributed by atoms with E-state index in [4.69, 9.17) is 9.84 Å². The maximum absolute atomic E-state index is 12.3. The summed E-state index contributed by atoms with van der Waals surface area (Å²) in [5.41, 5.74) is 2.48. The van der Waals surface area contributed by atoms with Crippen molar-refractivity contribution in [1.29, 1.82) is 0 Å². The number of hydrogen-bond donors (Lipinski definition) is 2. The van der Waals surface area contributed by atoms with Gasteiger partial charge in [-0.2, -0.15) is 13.2 Å². The molecule has 6 nitrogen and oxygen atoms in total. The van der Waals surface area contributed by atoms with Crippen molar-refractivity contribution in [2.75, 3.05) is 6.61 Å². The van der Waals surface area contributed by atoms with Crippen molar-refractivity contribution < 1.29 is 32.5 Å². The molecule has 1 unspecified atom stereocenters. The molecule has 0 aliphatic carbocycles. The van der Waals surface area contributed by atoms with Gasteiger partial charge in [0.25, 0.3) is 0 Å². The molecule has 9 heteroatoms. The third kappa shape index (κ3) is 3.57. The number of nitrogens with one attached hydrogen (secondary N) is 1. The standard InChI is InChI=1S/C17H15F3N2O4/c1-8-14-11-5-10(9(2)25-7-17(18,19)20)3-4-12(11)22-13(14)6-21-15(8)26-16(23)24/h3-6,9,22H,7H2,1-2H3,(H,23,24). The molecule has 138 valence electrons. The van der Waals surface area contributed by atoms with Gasteiger partial charge in [-0.1, -0.05) is 6.07 Å². The average molecular weight is 368 g/mol. The number of nitrogens with zero attached hydrogens (tertiary/aromatic N) is 1. The minimum Gasteiger partial charge on any atom is -0.449 e. The van der Waals surface area contributed by atoms with Crippen LogP contribution in [0.2, 0.25) is 0 Å². The van der Waals surface area contributed by atoms with E-state index >= 15 is 0 Å². The van der Waals surface area contributed by atoms with E-state index in [1.54, 1.807) is 25.1 Å². The smallest absolute Gasteiger partial charge is 0.449 e. The largest absolute Gasteiger partial charge is 0.512 e. The second-order valence-electron chi connectivity index (χ2n) is 5.84. The molecule has 0 amide bonds. The molecule has 0 aliphatic rings. The molecule has 0 saturated carbocycles. The van der Waals surface area contributed by atoms with E-state index in [9.17, 15) is 18.0 Å². The molecular formula is C17H15F3N2O4. The lowest BCUT2D eigenvalue weighted by Gasteiger charge is -2.15. The summed E-state index contributed by atoms with van der Waals surface area (Å²) in [7, 11) is 0. The SMILES string of the molecule is Cc1c(OC(=O)O)ncc2[nH]c3ccc(C(C)OCC(F)(F)F)cc3c12. The molecule has 0 spiro atoms. The molecule has 26 heavy (non-hydrogen) atoms. The highest BCUT2D eigenvalue weighted by Crippen LogP contribution is 2.34. The first-order chi connectivity index (χ1) is 12.2. The predicted molar refractivity (Wildman–Crippen MR) is 87.4 cm³/mol.